The van der Waals surface area contributed by atoms with Crippen molar-refractivity contribution < 1.29 is 31.9 Å². The van der Waals surface area contributed by atoms with Gasteiger partial charge in [-0.2, -0.15) is 0 Å². The molecular weight excluding hydrogens is 463 g/mol. The summed E-state index contributed by atoms with van der Waals surface area (Å²) in [5.74, 6) is -1.86. The quantitative estimate of drug-likeness (QED) is 0.474. The molecule has 34 heavy (non-hydrogen) atoms. The summed E-state index contributed by atoms with van der Waals surface area (Å²) >= 11 is 0. The van der Waals surface area contributed by atoms with Gasteiger partial charge in [0.1, 0.15) is 29.2 Å². The number of nitrogens with one attached hydrogen (secondary N) is 2. The fourth-order valence-corrected chi connectivity index (χ4v) is 4.17. The highest BCUT2D eigenvalue weighted by atomic mass is 32.2. The maximum Gasteiger partial charge on any atom is 0.331 e. The number of likely N-dealkylation sites (N-methyl/N-ethyl adjacent to an activating group) is 1. The summed E-state index contributed by atoms with van der Waals surface area (Å²) in [4.78, 5) is 25.0. The van der Waals surface area contributed by atoms with E-state index in [-0.39, 0.29) is 11.6 Å². The highest BCUT2D eigenvalue weighted by molar-refractivity contribution is 7.92. The number of hydrogen-bond donors (Lipinski definition) is 2. The van der Waals surface area contributed by atoms with Crippen LogP contribution in [-0.2, 0) is 24.3 Å². The van der Waals surface area contributed by atoms with Gasteiger partial charge in [0.2, 0.25) is 15.9 Å². The molecule has 0 aromatic heterocycles. The van der Waals surface area contributed by atoms with Crippen LogP contribution in [0.5, 0.6) is 5.75 Å². The van der Waals surface area contributed by atoms with Crippen molar-refractivity contribution in [2.75, 3.05) is 18.0 Å². The first-order chi connectivity index (χ1) is 15.8. The molecule has 1 amide bonds. The second kappa shape index (κ2) is 9.46. The molecule has 0 fully saturated rings. The fraction of sp³-hybridized carbons (Fsp3) is 0.333. The summed E-state index contributed by atoms with van der Waals surface area (Å²) in [6, 6.07) is 8.65. The zero-order valence-electron chi connectivity index (χ0n) is 19.5. The standard InChI is InChI=1S/C24H27FN2O6S/c1-24(2,3)33-20(28)11-8-15-12-17-19(13-18(15)27-34(5,30)31)32-22(21(17)23(29)26-4)14-6-9-16(25)10-7-14/h6-13,21-22,27H,1-5H3,(H,26,29)/b11-8+. The summed E-state index contributed by atoms with van der Waals surface area (Å²) in [5, 5.41) is 2.61. The Morgan fingerprint density at radius 3 is 2.35 bits per heavy atom. The highest BCUT2D eigenvalue weighted by Crippen LogP contribution is 2.48. The van der Waals surface area contributed by atoms with E-state index in [0.717, 1.165) is 6.26 Å². The monoisotopic (exact) mass is 490 g/mol. The first kappa shape index (κ1) is 25.2. The van der Waals surface area contributed by atoms with Crippen LogP contribution in [0.25, 0.3) is 6.08 Å². The molecule has 3 rings (SSSR count). The number of fused-ring (bicyclic) bond motifs is 1. The van der Waals surface area contributed by atoms with Crippen LogP contribution in [0.4, 0.5) is 10.1 Å². The van der Waals surface area contributed by atoms with E-state index < -0.39 is 39.4 Å². The number of amides is 1. The molecule has 0 bridgehead atoms. The van der Waals surface area contributed by atoms with Gasteiger partial charge in [0.15, 0.2) is 0 Å². The Hall–Kier alpha value is -3.40. The van der Waals surface area contributed by atoms with Crippen LogP contribution < -0.4 is 14.8 Å². The average molecular weight is 491 g/mol. The summed E-state index contributed by atoms with van der Waals surface area (Å²) in [5.41, 5.74) is 0.878. The van der Waals surface area contributed by atoms with E-state index in [1.807, 2.05) is 0 Å². The van der Waals surface area contributed by atoms with E-state index in [9.17, 15) is 22.4 Å². The van der Waals surface area contributed by atoms with E-state index >= 15 is 0 Å². The van der Waals surface area contributed by atoms with Gasteiger partial charge in [0, 0.05) is 24.8 Å². The normalized spacial score (nSPS) is 17.7. The Balaban J connectivity index is 2.09. The van der Waals surface area contributed by atoms with Crippen LogP contribution in [0.1, 0.15) is 49.5 Å². The molecule has 0 radical (unpaired) electrons. The van der Waals surface area contributed by atoms with Gasteiger partial charge in [-0.25, -0.2) is 17.6 Å². The lowest BCUT2D eigenvalue weighted by molar-refractivity contribution is -0.148. The number of benzene rings is 2. The van der Waals surface area contributed by atoms with E-state index in [1.165, 1.54) is 49.5 Å². The van der Waals surface area contributed by atoms with Crippen molar-refractivity contribution in [1.29, 1.82) is 0 Å². The summed E-state index contributed by atoms with van der Waals surface area (Å²) in [6.45, 7) is 5.18. The van der Waals surface area contributed by atoms with Crippen molar-refractivity contribution in [3.05, 3.63) is 65.0 Å². The maximum absolute atomic E-state index is 13.4. The molecule has 8 nitrogen and oxygen atoms in total. The zero-order valence-corrected chi connectivity index (χ0v) is 20.3. The Labute approximate surface area is 198 Å². The molecule has 2 unspecified atom stereocenters. The SMILES string of the molecule is CNC(=O)C1c2cc(/C=C/C(=O)OC(C)(C)C)c(NS(C)(=O)=O)cc2OC1c1ccc(F)cc1. The number of esters is 1. The zero-order chi connectivity index (χ0) is 25.3. The number of carbonyl (C=O) groups is 2. The summed E-state index contributed by atoms with van der Waals surface area (Å²) in [7, 11) is -2.17. The molecule has 0 spiro atoms. The van der Waals surface area contributed by atoms with Gasteiger partial charge in [-0.15, -0.1) is 0 Å². The van der Waals surface area contributed by atoms with Crippen molar-refractivity contribution in [1.82, 2.24) is 5.32 Å². The molecule has 10 heteroatoms. The van der Waals surface area contributed by atoms with Gasteiger partial charge < -0.3 is 14.8 Å². The first-order valence-electron chi connectivity index (χ1n) is 10.5. The van der Waals surface area contributed by atoms with E-state index in [2.05, 4.69) is 10.0 Å². The van der Waals surface area contributed by atoms with Crippen LogP contribution in [0, 0.1) is 5.82 Å². The fourth-order valence-electron chi connectivity index (χ4n) is 3.59. The molecule has 1 heterocycles. The van der Waals surface area contributed by atoms with Crippen molar-refractivity contribution in [3.8, 4) is 5.75 Å². The third-order valence-corrected chi connectivity index (χ3v) is 5.49. The third kappa shape index (κ3) is 6.13. The van der Waals surface area contributed by atoms with Crippen LogP contribution in [0.2, 0.25) is 0 Å². The molecule has 0 saturated carbocycles. The molecule has 2 atom stereocenters. The number of sulfonamides is 1. The Morgan fingerprint density at radius 1 is 1.15 bits per heavy atom. The topological polar surface area (TPSA) is 111 Å². The number of rotatable bonds is 6. The molecule has 2 N–H and O–H groups in total. The van der Waals surface area contributed by atoms with Gasteiger partial charge in [0.05, 0.1) is 11.9 Å². The van der Waals surface area contributed by atoms with Crippen molar-refractivity contribution in [2.24, 2.45) is 0 Å². The first-order valence-corrected chi connectivity index (χ1v) is 12.4. The number of hydrogen-bond acceptors (Lipinski definition) is 6. The molecule has 1 aliphatic rings. The minimum atomic E-state index is -3.67. The highest BCUT2D eigenvalue weighted by Gasteiger charge is 2.41. The molecule has 2 aromatic carbocycles. The van der Waals surface area contributed by atoms with Gasteiger partial charge in [0.25, 0.3) is 0 Å². The molecule has 0 saturated heterocycles. The number of ether oxygens (including phenoxy) is 2. The second-order valence-electron chi connectivity index (χ2n) is 8.90. The Morgan fingerprint density at radius 2 is 1.79 bits per heavy atom. The van der Waals surface area contributed by atoms with Gasteiger partial charge in [-0.3, -0.25) is 9.52 Å². The molecule has 0 aliphatic carbocycles. The minimum absolute atomic E-state index is 0.163. The number of carbonyl (C=O) groups excluding carboxylic acids is 2. The summed E-state index contributed by atoms with van der Waals surface area (Å²) < 4.78 is 51.1. The molecule has 1 aliphatic heterocycles. The average Bonchev–Trinajstić information content (AvgIpc) is 3.07. The second-order valence-corrected chi connectivity index (χ2v) is 10.6. The number of halogens is 1. The van der Waals surface area contributed by atoms with E-state index in [0.29, 0.717) is 22.4 Å². The van der Waals surface area contributed by atoms with Crippen LogP contribution in [0.3, 0.4) is 0 Å². The van der Waals surface area contributed by atoms with Gasteiger partial charge in [-0.1, -0.05) is 12.1 Å². The van der Waals surface area contributed by atoms with Crippen LogP contribution in [0.15, 0.2) is 42.5 Å². The lowest BCUT2D eigenvalue weighted by Gasteiger charge is -2.18. The third-order valence-electron chi connectivity index (χ3n) is 4.90. The largest absolute Gasteiger partial charge is 0.484 e. The lowest BCUT2D eigenvalue weighted by atomic mass is 9.89. The Bertz CT molecular complexity index is 1230. The molecular formula is C24H27FN2O6S. The van der Waals surface area contributed by atoms with Crippen molar-refractivity contribution in [3.63, 3.8) is 0 Å². The van der Waals surface area contributed by atoms with Crippen LogP contribution in [-0.4, -0.2) is 39.2 Å². The van der Waals surface area contributed by atoms with Gasteiger partial charge >= 0.3 is 5.97 Å². The summed E-state index contributed by atoms with van der Waals surface area (Å²) in [6.07, 6.45) is 2.83. The molecule has 182 valence electrons. The smallest absolute Gasteiger partial charge is 0.331 e. The predicted molar refractivity (Wildman–Crippen MR) is 126 cm³/mol. The van der Waals surface area contributed by atoms with E-state index in [1.54, 1.807) is 26.8 Å². The maximum atomic E-state index is 13.4. The van der Waals surface area contributed by atoms with E-state index in [4.69, 9.17) is 9.47 Å². The number of anilines is 1. The van der Waals surface area contributed by atoms with Crippen LogP contribution >= 0.6 is 0 Å². The van der Waals surface area contributed by atoms with Gasteiger partial charge in [-0.05, 0) is 56.2 Å². The minimum Gasteiger partial charge on any atom is -0.484 e. The Kier molecular flexibility index (Phi) is 7.02. The molecule has 2 aromatic rings. The predicted octanol–water partition coefficient (Wildman–Crippen LogP) is 3.52. The lowest BCUT2D eigenvalue weighted by Crippen LogP contribution is -2.28. The van der Waals surface area contributed by atoms with Crippen molar-refractivity contribution in [2.45, 2.75) is 38.4 Å². The van der Waals surface area contributed by atoms with Crippen molar-refractivity contribution >= 4 is 33.7 Å².